The van der Waals surface area contributed by atoms with E-state index in [4.69, 9.17) is 5.73 Å². The van der Waals surface area contributed by atoms with E-state index in [1.165, 1.54) is 18.5 Å². The Bertz CT molecular complexity index is 275. The molecule has 0 unspecified atom stereocenters. The number of hydrogen-bond donors (Lipinski definition) is 2. The zero-order valence-corrected chi connectivity index (χ0v) is 8.45. The lowest BCUT2D eigenvalue weighted by molar-refractivity contribution is 0.439. The Kier molecular flexibility index (Phi) is 3.16. The van der Waals surface area contributed by atoms with E-state index in [-0.39, 0.29) is 0 Å². The molecule has 0 saturated carbocycles. The second-order valence-electron chi connectivity index (χ2n) is 3.82. The Labute approximate surface area is 84.5 Å². The van der Waals surface area contributed by atoms with Gasteiger partial charge in [0.2, 0.25) is 0 Å². The first-order chi connectivity index (χ1) is 6.92. The van der Waals surface area contributed by atoms with Crippen LogP contribution in [0.5, 0.6) is 0 Å². The number of nitrogens with zero attached hydrogens (tertiary/aromatic N) is 2. The van der Waals surface area contributed by atoms with E-state index in [9.17, 15) is 0 Å². The van der Waals surface area contributed by atoms with E-state index in [2.05, 4.69) is 14.9 Å². The maximum Gasteiger partial charge on any atom is 0.0948 e. The Hall–Kier alpha value is -0.870. The fraction of sp³-hybridized carbons (Fsp3) is 0.700. The van der Waals surface area contributed by atoms with Crippen molar-refractivity contribution in [3.8, 4) is 0 Å². The monoisotopic (exact) mass is 194 g/mol. The molecule has 1 fully saturated rings. The van der Waals surface area contributed by atoms with Crippen molar-refractivity contribution in [1.82, 2.24) is 14.9 Å². The lowest BCUT2D eigenvalue weighted by atomic mass is 9.95. The molecule has 2 heterocycles. The van der Waals surface area contributed by atoms with Crippen molar-refractivity contribution in [2.24, 2.45) is 5.73 Å². The maximum absolute atomic E-state index is 5.56. The number of aromatic nitrogens is 2. The highest BCUT2D eigenvalue weighted by atomic mass is 15.1. The molecule has 78 valence electrons. The smallest absolute Gasteiger partial charge is 0.0948 e. The molecule has 4 heteroatoms. The summed E-state index contributed by atoms with van der Waals surface area (Å²) in [4.78, 5) is 4.20. The molecule has 0 bridgehead atoms. The van der Waals surface area contributed by atoms with Crippen LogP contribution >= 0.6 is 0 Å². The van der Waals surface area contributed by atoms with Crippen molar-refractivity contribution in [2.45, 2.75) is 25.3 Å². The average Bonchev–Trinajstić information content (AvgIpc) is 2.68. The molecule has 3 N–H and O–H groups in total. The molecular formula is C10H18N4. The van der Waals surface area contributed by atoms with Crippen molar-refractivity contribution < 1.29 is 0 Å². The zero-order chi connectivity index (χ0) is 9.80. The van der Waals surface area contributed by atoms with Crippen LogP contribution < -0.4 is 11.1 Å². The Morgan fingerprint density at radius 2 is 2.29 bits per heavy atom. The minimum atomic E-state index is 0.672. The molecule has 14 heavy (non-hydrogen) atoms. The molecule has 1 aliphatic rings. The van der Waals surface area contributed by atoms with Gasteiger partial charge in [0.15, 0.2) is 0 Å². The largest absolute Gasteiger partial charge is 0.333 e. The summed E-state index contributed by atoms with van der Waals surface area (Å²) in [6, 6.07) is 0. The third-order valence-electron chi connectivity index (χ3n) is 2.87. The normalized spacial score (nSPS) is 18.6. The molecule has 4 nitrogen and oxygen atoms in total. The Morgan fingerprint density at radius 1 is 1.50 bits per heavy atom. The molecular weight excluding hydrogens is 176 g/mol. The van der Waals surface area contributed by atoms with Gasteiger partial charge in [-0.3, -0.25) is 0 Å². The predicted octanol–water partition coefficient (Wildman–Crippen LogP) is 0.309. The molecule has 0 aromatic carbocycles. The van der Waals surface area contributed by atoms with Gasteiger partial charge in [-0.25, -0.2) is 4.98 Å². The first kappa shape index (κ1) is 9.68. The Balaban J connectivity index is 2.09. The molecule has 0 spiro atoms. The van der Waals surface area contributed by atoms with Gasteiger partial charge in [0.25, 0.3) is 0 Å². The van der Waals surface area contributed by atoms with Crippen LogP contribution in [-0.2, 0) is 6.54 Å². The second kappa shape index (κ2) is 4.57. The third-order valence-corrected chi connectivity index (χ3v) is 2.87. The van der Waals surface area contributed by atoms with Gasteiger partial charge < -0.3 is 15.6 Å². The number of hydrogen-bond acceptors (Lipinski definition) is 3. The predicted molar refractivity (Wildman–Crippen MR) is 56.1 cm³/mol. The summed E-state index contributed by atoms with van der Waals surface area (Å²) in [6.45, 7) is 3.82. The quantitative estimate of drug-likeness (QED) is 0.728. The third kappa shape index (κ3) is 1.96. The number of imidazole rings is 1. The van der Waals surface area contributed by atoms with Gasteiger partial charge in [-0.15, -0.1) is 0 Å². The second-order valence-corrected chi connectivity index (χ2v) is 3.82. The fourth-order valence-electron chi connectivity index (χ4n) is 2.11. The van der Waals surface area contributed by atoms with Gasteiger partial charge in [-0.05, 0) is 25.9 Å². The van der Waals surface area contributed by atoms with Crippen LogP contribution in [0.2, 0.25) is 0 Å². The molecule has 0 atom stereocenters. The van der Waals surface area contributed by atoms with Crippen molar-refractivity contribution in [3.05, 3.63) is 18.2 Å². The summed E-state index contributed by atoms with van der Waals surface area (Å²) in [5, 5.41) is 3.37. The van der Waals surface area contributed by atoms with E-state index >= 15 is 0 Å². The fourth-order valence-corrected chi connectivity index (χ4v) is 2.11. The van der Waals surface area contributed by atoms with E-state index < -0.39 is 0 Å². The summed E-state index contributed by atoms with van der Waals surface area (Å²) in [7, 11) is 0. The summed E-state index contributed by atoms with van der Waals surface area (Å²) >= 11 is 0. The minimum absolute atomic E-state index is 0.672. The van der Waals surface area contributed by atoms with Crippen LogP contribution in [0.15, 0.2) is 12.5 Å². The number of piperidine rings is 1. The van der Waals surface area contributed by atoms with E-state index in [1.807, 2.05) is 12.5 Å². The van der Waals surface area contributed by atoms with Gasteiger partial charge in [-0.2, -0.15) is 0 Å². The highest BCUT2D eigenvalue weighted by molar-refractivity contribution is 5.07. The first-order valence-corrected chi connectivity index (χ1v) is 5.32. The van der Waals surface area contributed by atoms with E-state index in [1.54, 1.807) is 0 Å². The summed E-state index contributed by atoms with van der Waals surface area (Å²) in [6.07, 6.45) is 6.32. The molecule has 2 rings (SSSR count). The van der Waals surface area contributed by atoms with Crippen LogP contribution in [-0.4, -0.2) is 29.2 Å². The van der Waals surface area contributed by atoms with Gasteiger partial charge >= 0.3 is 0 Å². The highest BCUT2D eigenvalue weighted by Gasteiger charge is 2.18. The van der Waals surface area contributed by atoms with Crippen molar-refractivity contribution in [1.29, 1.82) is 0 Å². The molecule has 0 radical (unpaired) electrons. The highest BCUT2D eigenvalue weighted by Crippen LogP contribution is 2.24. The zero-order valence-electron chi connectivity index (χ0n) is 8.45. The lowest BCUT2D eigenvalue weighted by Crippen LogP contribution is -2.28. The molecule has 0 aliphatic carbocycles. The SMILES string of the molecule is NCCn1cncc1C1CCNCC1. The molecule has 1 aromatic heterocycles. The molecule has 1 saturated heterocycles. The summed E-state index contributed by atoms with van der Waals surface area (Å²) in [5.74, 6) is 0.672. The topological polar surface area (TPSA) is 55.9 Å². The van der Waals surface area contributed by atoms with Gasteiger partial charge in [0.05, 0.1) is 6.33 Å². The molecule has 0 amide bonds. The van der Waals surface area contributed by atoms with E-state index in [0.717, 1.165) is 19.6 Å². The molecule has 1 aliphatic heterocycles. The van der Waals surface area contributed by atoms with Gasteiger partial charge in [-0.1, -0.05) is 0 Å². The first-order valence-electron chi connectivity index (χ1n) is 5.32. The van der Waals surface area contributed by atoms with E-state index in [0.29, 0.717) is 12.5 Å². The number of rotatable bonds is 3. The van der Waals surface area contributed by atoms with Crippen molar-refractivity contribution in [2.75, 3.05) is 19.6 Å². The van der Waals surface area contributed by atoms with Crippen LogP contribution in [0.4, 0.5) is 0 Å². The van der Waals surface area contributed by atoms with Gasteiger partial charge in [0.1, 0.15) is 0 Å². The molecule has 1 aromatic rings. The minimum Gasteiger partial charge on any atom is -0.333 e. The van der Waals surface area contributed by atoms with Crippen LogP contribution in [0.1, 0.15) is 24.5 Å². The number of nitrogens with one attached hydrogen (secondary N) is 1. The maximum atomic E-state index is 5.56. The summed E-state index contributed by atoms with van der Waals surface area (Å²) < 4.78 is 2.19. The number of nitrogens with two attached hydrogens (primary N) is 1. The average molecular weight is 194 g/mol. The standard InChI is InChI=1S/C10H18N4/c11-3-6-14-8-13-7-10(14)9-1-4-12-5-2-9/h7-9,12H,1-6,11H2. The Morgan fingerprint density at radius 3 is 3.00 bits per heavy atom. The van der Waals surface area contributed by atoms with Crippen LogP contribution in [0.25, 0.3) is 0 Å². The van der Waals surface area contributed by atoms with Gasteiger partial charge in [0, 0.05) is 30.9 Å². The van der Waals surface area contributed by atoms with Crippen LogP contribution in [0, 0.1) is 0 Å². The van der Waals surface area contributed by atoms with Crippen molar-refractivity contribution >= 4 is 0 Å². The lowest BCUT2D eigenvalue weighted by Gasteiger charge is -2.23. The van der Waals surface area contributed by atoms with Crippen molar-refractivity contribution in [3.63, 3.8) is 0 Å². The van der Waals surface area contributed by atoms with Crippen LogP contribution in [0.3, 0.4) is 0 Å². The summed E-state index contributed by atoms with van der Waals surface area (Å²) in [5.41, 5.74) is 6.92.